The number of anilines is 1. The van der Waals surface area contributed by atoms with Crippen LogP contribution in [0.1, 0.15) is 24.2 Å². The van der Waals surface area contributed by atoms with Gasteiger partial charge in [-0.2, -0.15) is 0 Å². The van der Waals surface area contributed by atoms with E-state index in [1.165, 1.54) is 35.2 Å². The van der Waals surface area contributed by atoms with Crippen molar-refractivity contribution in [2.24, 2.45) is 0 Å². The number of para-hydroxylation sites is 1. The SMILES string of the molecule is CC(C)NC(=O)CSc1nnc(N2CCN(C(=O)c3ccccc3[N+](=O)[O-])CC2)s1. The van der Waals surface area contributed by atoms with Gasteiger partial charge in [0.2, 0.25) is 11.0 Å². The molecule has 160 valence electrons. The van der Waals surface area contributed by atoms with Crippen molar-refractivity contribution in [2.75, 3.05) is 36.8 Å². The molecule has 0 aliphatic carbocycles. The van der Waals surface area contributed by atoms with Crippen molar-refractivity contribution >= 4 is 45.7 Å². The van der Waals surface area contributed by atoms with Crippen molar-refractivity contribution in [1.29, 1.82) is 0 Å². The number of benzene rings is 1. The van der Waals surface area contributed by atoms with Gasteiger partial charge in [0.1, 0.15) is 5.56 Å². The van der Waals surface area contributed by atoms with E-state index in [9.17, 15) is 19.7 Å². The normalized spacial score (nSPS) is 14.1. The molecular formula is C18H22N6O4S2. The first-order chi connectivity index (χ1) is 14.3. The molecule has 1 saturated heterocycles. The molecule has 0 saturated carbocycles. The van der Waals surface area contributed by atoms with Crippen LogP contribution in [0.3, 0.4) is 0 Å². The number of nitrogens with zero attached hydrogens (tertiary/aromatic N) is 5. The number of aromatic nitrogens is 2. The highest BCUT2D eigenvalue weighted by Crippen LogP contribution is 2.29. The largest absolute Gasteiger partial charge is 0.353 e. The zero-order valence-corrected chi connectivity index (χ0v) is 18.2. The fourth-order valence-corrected chi connectivity index (χ4v) is 4.67. The van der Waals surface area contributed by atoms with Gasteiger partial charge in [0.25, 0.3) is 11.6 Å². The second-order valence-corrected chi connectivity index (χ2v) is 9.09. The highest BCUT2D eigenvalue weighted by molar-refractivity contribution is 8.01. The molecule has 1 aliphatic rings. The lowest BCUT2D eigenvalue weighted by Crippen LogP contribution is -2.48. The topological polar surface area (TPSA) is 122 Å². The molecule has 30 heavy (non-hydrogen) atoms. The van der Waals surface area contributed by atoms with Gasteiger partial charge in [-0.25, -0.2) is 0 Å². The Kier molecular flexibility index (Phi) is 7.21. The number of carbonyl (C=O) groups is 2. The maximum atomic E-state index is 12.7. The number of amides is 2. The second kappa shape index (κ2) is 9.85. The number of hydrogen-bond donors (Lipinski definition) is 1. The molecule has 0 unspecified atom stereocenters. The maximum absolute atomic E-state index is 12.7. The van der Waals surface area contributed by atoms with E-state index < -0.39 is 4.92 Å². The standard InChI is InChI=1S/C18H22N6O4S2/c1-12(2)19-15(25)11-29-18-21-20-17(30-18)23-9-7-22(8-10-23)16(26)13-5-3-4-6-14(13)24(27)28/h3-6,12H,7-11H2,1-2H3,(H,19,25). The van der Waals surface area contributed by atoms with E-state index in [0.717, 1.165) is 5.13 Å². The third kappa shape index (κ3) is 5.45. The number of rotatable bonds is 7. The Labute approximate surface area is 181 Å². The van der Waals surface area contributed by atoms with Crippen molar-refractivity contribution in [3.63, 3.8) is 0 Å². The summed E-state index contributed by atoms with van der Waals surface area (Å²) in [4.78, 5) is 38.8. The summed E-state index contributed by atoms with van der Waals surface area (Å²) in [5.41, 5.74) is -0.0811. The molecule has 2 aromatic rings. The van der Waals surface area contributed by atoms with Crippen molar-refractivity contribution in [3.05, 3.63) is 39.9 Å². The molecule has 0 spiro atoms. The molecule has 1 aromatic carbocycles. The van der Waals surface area contributed by atoms with E-state index in [-0.39, 0.29) is 34.9 Å². The molecule has 2 heterocycles. The minimum atomic E-state index is -0.536. The second-order valence-electron chi connectivity index (χ2n) is 6.91. The molecule has 12 heteroatoms. The summed E-state index contributed by atoms with van der Waals surface area (Å²) in [6, 6.07) is 6.09. The van der Waals surface area contributed by atoms with Gasteiger partial charge >= 0.3 is 0 Å². The predicted molar refractivity (Wildman–Crippen MR) is 115 cm³/mol. The number of carbonyl (C=O) groups excluding carboxylic acids is 2. The van der Waals surface area contributed by atoms with E-state index in [2.05, 4.69) is 15.5 Å². The van der Waals surface area contributed by atoms with Crippen molar-refractivity contribution in [1.82, 2.24) is 20.4 Å². The molecule has 3 rings (SSSR count). The van der Waals surface area contributed by atoms with Crippen LogP contribution in [0.25, 0.3) is 0 Å². The molecule has 1 N–H and O–H groups in total. The molecule has 1 aliphatic heterocycles. The van der Waals surface area contributed by atoms with Crippen LogP contribution in [0.2, 0.25) is 0 Å². The number of nitrogens with one attached hydrogen (secondary N) is 1. The Morgan fingerprint density at radius 1 is 1.23 bits per heavy atom. The first kappa shape index (κ1) is 22.0. The van der Waals surface area contributed by atoms with E-state index >= 15 is 0 Å². The van der Waals surface area contributed by atoms with E-state index in [1.54, 1.807) is 17.0 Å². The summed E-state index contributed by atoms with van der Waals surface area (Å²) in [7, 11) is 0. The molecule has 1 fully saturated rings. The summed E-state index contributed by atoms with van der Waals surface area (Å²) < 4.78 is 0.710. The quantitative estimate of drug-likeness (QED) is 0.386. The summed E-state index contributed by atoms with van der Waals surface area (Å²) in [6.45, 7) is 5.80. The number of nitro groups is 1. The zero-order chi connectivity index (χ0) is 21.7. The van der Waals surface area contributed by atoms with Crippen LogP contribution in [0.15, 0.2) is 28.6 Å². The van der Waals surface area contributed by atoms with Gasteiger partial charge < -0.3 is 15.1 Å². The highest BCUT2D eigenvalue weighted by Gasteiger charge is 2.28. The third-order valence-corrected chi connectivity index (χ3v) is 6.46. The first-order valence-corrected chi connectivity index (χ1v) is 11.2. The molecule has 2 amide bonds. The Balaban J connectivity index is 1.55. The van der Waals surface area contributed by atoms with Gasteiger partial charge in [-0.3, -0.25) is 19.7 Å². The van der Waals surface area contributed by atoms with E-state index in [4.69, 9.17) is 0 Å². The Bertz CT molecular complexity index is 927. The van der Waals surface area contributed by atoms with Crippen molar-refractivity contribution in [3.8, 4) is 0 Å². The van der Waals surface area contributed by atoms with Crippen LogP contribution in [0.5, 0.6) is 0 Å². The monoisotopic (exact) mass is 450 g/mol. The molecule has 0 radical (unpaired) electrons. The zero-order valence-electron chi connectivity index (χ0n) is 16.6. The lowest BCUT2D eigenvalue weighted by atomic mass is 10.1. The van der Waals surface area contributed by atoms with Gasteiger partial charge in [0, 0.05) is 38.3 Å². The van der Waals surface area contributed by atoms with Gasteiger partial charge in [0.05, 0.1) is 10.7 Å². The first-order valence-electron chi connectivity index (χ1n) is 9.38. The summed E-state index contributed by atoms with van der Waals surface area (Å²) >= 11 is 2.75. The average Bonchev–Trinajstić information content (AvgIpc) is 3.20. The average molecular weight is 451 g/mol. The molecule has 10 nitrogen and oxygen atoms in total. The van der Waals surface area contributed by atoms with Crippen LogP contribution >= 0.6 is 23.1 Å². The summed E-state index contributed by atoms with van der Waals surface area (Å²) in [6.07, 6.45) is 0. The van der Waals surface area contributed by atoms with Crippen LogP contribution in [-0.2, 0) is 4.79 Å². The van der Waals surface area contributed by atoms with Gasteiger partial charge in [-0.05, 0) is 19.9 Å². The third-order valence-electron chi connectivity index (χ3n) is 4.34. The number of thioether (sulfide) groups is 1. The van der Waals surface area contributed by atoms with E-state index in [1.807, 2.05) is 18.7 Å². The fraction of sp³-hybridized carbons (Fsp3) is 0.444. The Hall–Kier alpha value is -2.73. The van der Waals surface area contributed by atoms with Gasteiger partial charge in [-0.1, -0.05) is 35.2 Å². The number of piperazine rings is 1. The molecule has 0 atom stereocenters. The fourth-order valence-electron chi connectivity index (χ4n) is 2.96. The summed E-state index contributed by atoms with van der Waals surface area (Å²) in [5.74, 6) is -0.106. The predicted octanol–water partition coefficient (Wildman–Crippen LogP) is 2.03. The minimum absolute atomic E-state index is 0.0473. The smallest absolute Gasteiger partial charge is 0.282 e. The maximum Gasteiger partial charge on any atom is 0.282 e. The van der Waals surface area contributed by atoms with Crippen LogP contribution in [0, 0.1) is 10.1 Å². The molecule has 0 bridgehead atoms. The van der Waals surface area contributed by atoms with Crippen LogP contribution < -0.4 is 10.2 Å². The van der Waals surface area contributed by atoms with Crippen LogP contribution in [-0.4, -0.2) is 69.8 Å². The lowest BCUT2D eigenvalue weighted by molar-refractivity contribution is -0.385. The highest BCUT2D eigenvalue weighted by atomic mass is 32.2. The van der Waals surface area contributed by atoms with E-state index in [0.29, 0.717) is 30.5 Å². The molecular weight excluding hydrogens is 428 g/mol. The van der Waals surface area contributed by atoms with Gasteiger partial charge in [0.15, 0.2) is 4.34 Å². The van der Waals surface area contributed by atoms with Crippen molar-refractivity contribution < 1.29 is 14.5 Å². The van der Waals surface area contributed by atoms with Gasteiger partial charge in [-0.15, -0.1) is 10.2 Å². The lowest BCUT2D eigenvalue weighted by Gasteiger charge is -2.34. The summed E-state index contributed by atoms with van der Waals surface area (Å²) in [5, 5.41) is 23.1. The minimum Gasteiger partial charge on any atom is -0.353 e. The number of nitro benzene ring substituents is 1. The molecule has 1 aromatic heterocycles. The Morgan fingerprint density at radius 3 is 2.60 bits per heavy atom. The number of hydrogen-bond acceptors (Lipinski definition) is 9. The van der Waals surface area contributed by atoms with Crippen LogP contribution in [0.4, 0.5) is 10.8 Å². The van der Waals surface area contributed by atoms with Crippen molar-refractivity contribution in [2.45, 2.75) is 24.2 Å². The Morgan fingerprint density at radius 2 is 1.93 bits per heavy atom.